The van der Waals surface area contributed by atoms with Crippen LogP contribution in [0.3, 0.4) is 0 Å². The zero-order valence-electron chi connectivity index (χ0n) is 12.6. The second kappa shape index (κ2) is 7.04. The summed E-state index contributed by atoms with van der Waals surface area (Å²) in [6.45, 7) is 5.22. The Morgan fingerprint density at radius 2 is 1.81 bits per heavy atom. The number of carbonyl (C=O) groups is 1. The van der Waals surface area contributed by atoms with Crippen molar-refractivity contribution in [3.8, 4) is 0 Å². The third-order valence-electron chi connectivity index (χ3n) is 4.18. The van der Waals surface area contributed by atoms with Gasteiger partial charge in [0.05, 0.1) is 6.54 Å². The maximum absolute atomic E-state index is 12.7. The summed E-state index contributed by atoms with van der Waals surface area (Å²) in [5.74, 6) is -0.458. The first-order chi connectivity index (χ1) is 9.89. The molecule has 0 spiro atoms. The molecule has 122 valence electrons. The van der Waals surface area contributed by atoms with Crippen molar-refractivity contribution in [1.29, 1.82) is 0 Å². The van der Waals surface area contributed by atoms with E-state index in [1.54, 1.807) is 9.21 Å². The van der Waals surface area contributed by atoms with E-state index in [4.69, 9.17) is 5.11 Å². The minimum Gasteiger partial charge on any atom is -0.480 e. The number of hydrogen-bond acceptors (Lipinski definition) is 4. The SMILES string of the molecule is CC1CCCN(S(=O)(=O)N2CCCN(CC(=O)O)CC2)C1. The van der Waals surface area contributed by atoms with Crippen molar-refractivity contribution < 1.29 is 18.3 Å². The van der Waals surface area contributed by atoms with Crippen molar-refractivity contribution in [3.05, 3.63) is 0 Å². The normalized spacial score (nSPS) is 27.4. The summed E-state index contributed by atoms with van der Waals surface area (Å²) in [5.41, 5.74) is 0. The van der Waals surface area contributed by atoms with Crippen LogP contribution in [0.5, 0.6) is 0 Å². The predicted octanol–water partition coefficient (Wildman–Crippen LogP) is 0.0554. The Kier molecular flexibility index (Phi) is 5.59. The molecule has 2 aliphatic rings. The van der Waals surface area contributed by atoms with Crippen molar-refractivity contribution in [2.75, 3.05) is 45.8 Å². The molecule has 2 saturated heterocycles. The molecule has 0 aliphatic carbocycles. The zero-order chi connectivity index (χ0) is 15.5. The molecule has 0 aromatic carbocycles. The Bertz CT molecular complexity index is 468. The molecule has 0 saturated carbocycles. The summed E-state index contributed by atoms with van der Waals surface area (Å²) >= 11 is 0. The summed E-state index contributed by atoms with van der Waals surface area (Å²) in [5, 5.41) is 8.83. The lowest BCUT2D eigenvalue weighted by Crippen LogP contribution is -2.48. The Morgan fingerprint density at radius 1 is 1.10 bits per heavy atom. The molecule has 8 heteroatoms. The Morgan fingerprint density at radius 3 is 2.48 bits per heavy atom. The maximum Gasteiger partial charge on any atom is 0.317 e. The highest BCUT2D eigenvalue weighted by molar-refractivity contribution is 7.86. The average Bonchev–Trinajstić information content (AvgIpc) is 2.64. The zero-order valence-corrected chi connectivity index (χ0v) is 13.4. The largest absolute Gasteiger partial charge is 0.480 e. The second-order valence-electron chi connectivity index (χ2n) is 6.04. The molecule has 1 N–H and O–H groups in total. The quantitative estimate of drug-likeness (QED) is 0.792. The van der Waals surface area contributed by atoms with Crippen LogP contribution in [0.2, 0.25) is 0 Å². The van der Waals surface area contributed by atoms with Crippen LogP contribution in [0.25, 0.3) is 0 Å². The van der Waals surface area contributed by atoms with Crippen LogP contribution in [-0.2, 0) is 15.0 Å². The molecule has 2 aliphatic heterocycles. The van der Waals surface area contributed by atoms with Crippen LogP contribution in [0, 0.1) is 5.92 Å². The van der Waals surface area contributed by atoms with Gasteiger partial charge >= 0.3 is 5.97 Å². The summed E-state index contributed by atoms with van der Waals surface area (Å²) in [7, 11) is -3.40. The van der Waals surface area contributed by atoms with Crippen molar-refractivity contribution in [1.82, 2.24) is 13.5 Å². The fourth-order valence-corrected chi connectivity index (χ4v) is 4.85. The lowest BCUT2D eigenvalue weighted by Gasteiger charge is -2.34. The lowest BCUT2D eigenvalue weighted by atomic mass is 10.0. The second-order valence-corrected chi connectivity index (χ2v) is 7.96. The Hall–Kier alpha value is -0.700. The highest BCUT2D eigenvalue weighted by Gasteiger charge is 2.33. The van der Waals surface area contributed by atoms with Gasteiger partial charge in [0, 0.05) is 39.3 Å². The van der Waals surface area contributed by atoms with E-state index in [9.17, 15) is 13.2 Å². The number of hydrogen-bond donors (Lipinski definition) is 1. The molecule has 1 atom stereocenters. The van der Waals surface area contributed by atoms with Crippen LogP contribution >= 0.6 is 0 Å². The summed E-state index contributed by atoms with van der Waals surface area (Å²) < 4.78 is 28.5. The minimum absolute atomic E-state index is 0.0192. The number of aliphatic carboxylic acids is 1. The topological polar surface area (TPSA) is 81.2 Å². The maximum atomic E-state index is 12.7. The van der Waals surface area contributed by atoms with Gasteiger partial charge in [-0.15, -0.1) is 0 Å². The van der Waals surface area contributed by atoms with Gasteiger partial charge in [-0.2, -0.15) is 17.0 Å². The molecule has 0 bridgehead atoms. The third kappa shape index (κ3) is 4.38. The monoisotopic (exact) mass is 319 g/mol. The van der Waals surface area contributed by atoms with E-state index in [0.29, 0.717) is 51.6 Å². The summed E-state index contributed by atoms with van der Waals surface area (Å²) in [6, 6.07) is 0. The van der Waals surface area contributed by atoms with Gasteiger partial charge in [-0.05, 0) is 25.2 Å². The van der Waals surface area contributed by atoms with Gasteiger partial charge in [0.1, 0.15) is 0 Å². The van der Waals surface area contributed by atoms with Gasteiger partial charge in [0.15, 0.2) is 0 Å². The fraction of sp³-hybridized carbons (Fsp3) is 0.923. The summed E-state index contributed by atoms with van der Waals surface area (Å²) in [4.78, 5) is 12.6. The molecular formula is C13H25N3O4S. The van der Waals surface area contributed by atoms with E-state index >= 15 is 0 Å². The number of carboxylic acids is 1. The van der Waals surface area contributed by atoms with Gasteiger partial charge < -0.3 is 5.11 Å². The smallest absolute Gasteiger partial charge is 0.317 e. The Balaban J connectivity index is 1.98. The molecule has 0 aromatic heterocycles. The van der Waals surface area contributed by atoms with Gasteiger partial charge in [0.2, 0.25) is 0 Å². The average molecular weight is 319 g/mol. The van der Waals surface area contributed by atoms with E-state index in [1.165, 1.54) is 4.31 Å². The number of rotatable bonds is 4. The van der Waals surface area contributed by atoms with Crippen molar-refractivity contribution in [3.63, 3.8) is 0 Å². The van der Waals surface area contributed by atoms with Crippen LogP contribution in [-0.4, -0.2) is 78.8 Å². The number of piperidine rings is 1. The fourth-order valence-electron chi connectivity index (χ4n) is 3.05. The molecule has 0 amide bonds. The van der Waals surface area contributed by atoms with Crippen LogP contribution in [0.15, 0.2) is 0 Å². The molecule has 21 heavy (non-hydrogen) atoms. The van der Waals surface area contributed by atoms with Crippen molar-refractivity contribution in [2.24, 2.45) is 5.92 Å². The van der Waals surface area contributed by atoms with E-state index in [-0.39, 0.29) is 6.54 Å². The minimum atomic E-state index is -3.40. The first kappa shape index (κ1) is 16.7. The molecule has 2 rings (SSSR count). The van der Waals surface area contributed by atoms with E-state index in [0.717, 1.165) is 12.8 Å². The highest BCUT2D eigenvalue weighted by Crippen LogP contribution is 2.21. The third-order valence-corrected chi connectivity index (χ3v) is 6.18. The van der Waals surface area contributed by atoms with Gasteiger partial charge in [-0.1, -0.05) is 6.92 Å². The molecule has 2 fully saturated rings. The highest BCUT2D eigenvalue weighted by atomic mass is 32.2. The lowest BCUT2D eigenvalue weighted by molar-refractivity contribution is -0.138. The van der Waals surface area contributed by atoms with Gasteiger partial charge in [-0.25, -0.2) is 0 Å². The van der Waals surface area contributed by atoms with Crippen LogP contribution in [0.4, 0.5) is 0 Å². The van der Waals surface area contributed by atoms with E-state index < -0.39 is 16.2 Å². The van der Waals surface area contributed by atoms with Gasteiger partial charge in [0.25, 0.3) is 10.2 Å². The molecular weight excluding hydrogens is 294 g/mol. The number of carboxylic acid groups (broad SMARTS) is 1. The first-order valence-corrected chi connectivity index (χ1v) is 8.98. The molecule has 1 unspecified atom stereocenters. The van der Waals surface area contributed by atoms with Crippen LogP contribution in [0.1, 0.15) is 26.2 Å². The van der Waals surface area contributed by atoms with Crippen molar-refractivity contribution in [2.45, 2.75) is 26.2 Å². The van der Waals surface area contributed by atoms with Crippen LogP contribution < -0.4 is 0 Å². The summed E-state index contributed by atoms with van der Waals surface area (Å²) in [6.07, 6.45) is 2.67. The standard InChI is InChI=1S/C13H25N3O4S/c1-12-4-2-6-16(10-12)21(19,20)15-7-3-5-14(8-9-15)11-13(17)18/h12H,2-11H2,1H3,(H,17,18). The van der Waals surface area contributed by atoms with E-state index in [1.807, 2.05) is 0 Å². The van der Waals surface area contributed by atoms with E-state index in [2.05, 4.69) is 6.92 Å². The van der Waals surface area contributed by atoms with Crippen molar-refractivity contribution >= 4 is 16.2 Å². The number of nitrogens with zero attached hydrogens (tertiary/aromatic N) is 3. The molecule has 7 nitrogen and oxygen atoms in total. The molecule has 2 heterocycles. The Labute approximate surface area is 126 Å². The molecule has 0 radical (unpaired) electrons. The predicted molar refractivity (Wildman–Crippen MR) is 79.2 cm³/mol. The van der Waals surface area contributed by atoms with Gasteiger partial charge in [-0.3, -0.25) is 9.69 Å². The first-order valence-electron chi connectivity index (χ1n) is 7.59. The molecule has 0 aromatic rings.